The number of anilines is 2. The summed E-state index contributed by atoms with van der Waals surface area (Å²) in [7, 11) is 0. The Kier molecular flexibility index (Phi) is 2.57. The third-order valence-corrected chi connectivity index (χ3v) is 2.90. The molecule has 1 aliphatic rings. The van der Waals surface area contributed by atoms with Crippen LogP contribution in [-0.4, -0.2) is 18.1 Å². The minimum absolute atomic E-state index is 0.794. The highest BCUT2D eigenvalue weighted by atomic mass is 15.2. The number of nitrogen functional groups attached to an aromatic ring is 1. The van der Waals surface area contributed by atoms with Crippen molar-refractivity contribution in [1.29, 1.82) is 0 Å². The van der Waals surface area contributed by atoms with Crippen LogP contribution in [0.1, 0.15) is 19.8 Å². The minimum Gasteiger partial charge on any atom is -0.396 e. The van der Waals surface area contributed by atoms with Gasteiger partial charge in [0.1, 0.15) is 0 Å². The lowest BCUT2D eigenvalue weighted by molar-refractivity contribution is 0.437. The van der Waals surface area contributed by atoms with Crippen LogP contribution in [0.3, 0.4) is 0 Å². The Labute approximate surface area is 84.9 Å². The van der Waals surface area contributed by atoms with Crippen LogP contribution < -0.4 is 10.6 Å². The smallest absolute Gasteiger partial charge is 0.151 e. The topological polar surface area (TPSA) is 42.2 Å². The molecule has 0 bridgehead atoms. The van der Waals surface area contributed by atoms with Crippen molar-refractivity contribution < 1.29 is 0 Å². The molecule has 0 aromatic carbocycles. The number of piperidine rings is 1. The average Bonchev–Trinajstić information content (AvgIpc) is 2.20. The van der Waals surface area contributed by atoms with Gasteiger partial charge in [-0.25, -0.2) is 4.98 Å². The molecule has 0 atom stereocenters. The van der Waals surface area contributed by atoms with Crippen LogP contribution in [0, 0.1) is 5.92 Å². The summed E-state index contributed by atoms with van der Waals surface area (Å²) < 4.78 is 0. The highest BCUT2D eigenvalue weighted by Gasteiger charge is 2.17. The summed E-state index contributed by atoms with van der Waals surface area (Å²) >= 11 is 0. The molecule has 0 aliphatic carbocycles. The molecule has 1 saturated heterocycles. The molecule has 76 valence electrons. The fraction of sp³-hybridized carbons (Fsp3) is 0.545. The zero-order valence-electron chi connectivity index (χ0n) is 8.61. The second kappa shape index (κ2) is 3.86. The van der Waals surface area contributed by atoms with Crippen molar-refractivity contribution in [3.05, 3.63) is 18.3 Å². The maximum absolute atomic E-state index is 5.88. The van der Waals surface area contributed by atoms with Gasteiger partial charge < -0.3 is 10.6 Å². The molecule has 2 N–H and O–H groups in total. The van der Waals surface area contributed by atoms with Gasteiger partial charge in [0.15, 0.2) is 5.82 Å². The third-order valence-electron chi connectivity index (χ3n) is 2.90. The first-order valence-corrected chi connectivity index (χ1v) is 5.23. The zero-order chi connectivity index (χ0) is 9.97. The van der Waals surface area contributed by atoms with Crippen LogP contribution in [0.5, 0.6) is 0 Å². The summed E-state index contributed by atoms with van der Waals surface area (Å²) in [5.74, 6) is 1.80. The fourth-order valence-electron chi connectivity index (χ4n) is 1.89. The normalized spacial score (nSPS) is 18.5. The highest BCUT2D eigenvalue weighted by molar-refractivity contribution is 5.62. The molecular formula is C11H17N3. The molecule has 1 fully saturated rings. The van der Waals surface area contributed by atoms with E-state index in [-0.39, 0.29) is 0 Å². The molecule has 1 aromatic rings. The second-order valence-corrected chi connectivity index (χ2v) is 4.09. The summed E-state index contributed by atoms with van der Waals surface area (Å²) in [6.45, 7) is 4.48. The monoisotopic (exact) mass is 191 g/mol. The van der Waals surface area contributed by atoms with E-state index in [4.69, 9.17) is 5.73 Å². The molecule has 0 spiro atoms. The van der Waals surface area contributed by atoms with Gasteiger partial charge in [0.25, 0.3) is 0 Å². The first kappa shape index (κ1) is 9.31. The van der Waals surface area contributed by atoms with Crippen molar-refractivity contribution in [2.75, 3.05) is 23.7 Å². The summed E-state index contributed by atoms with van der Waals surface area (Å²) in [6, 6.07) is 3.80. The summed E-state index contributed by atoms with van der Waals surface area (Å²) in [5, 5.41) is 0. The SMILES string of the molecule is CC1CCN(c2ncccc2N)CC1. The molecule has 14 heavy (non-hydrogen) atoms. The first-order chi connectivity index (χ1) is 6.77. The summed E-state index contributed by atoms with van der Waals surface area (Å²) in [4.78, 5) is 6.61. The zero-order valence-corrected chi connectivity index (χ0v) is 8.61. The molecule has 1 aromatic heterocycles. The maximum atomic E-state index is 5.88. The maximum Gasteiger partial charge on any atom is 0.151 e. The molecule has 2 heterocycles. The molecule has 0 radical (unpaired) electrons. The van der Waals surface area contributed by atoms with E-state index in [1.54, 1.807) is 0 Å². The Morgan fingerprint density at radius 3 is 2.79 bits per heavy atom. The van der Waals surface area contributed by atoms with E-state index >= 15 is 0 Å². The van der Waals surface area contributed by atoms with E-state index in [0.717, 1.165) is 30.5 Å². The van der Waals surface area contributed by atoms with Crippen molar-refractivity contribution in [2.24, 2.45) is 5.92 Å². The number of pyridine rings is 1. The van der Waals surface area contributed by atoms with Crippen molar-refractivity contribution in [2.45, 2.75) is 19.8 Å². The Morgan fingerprint density at radius 1 is 1.43 bits per heavy atom. The van der Waals surface area contributed by atoms with Gasteiger partial charge in [0.05, 0.1) is 5.69 Å². The number of nitrogens with zero attached hydrogens (tertiary/aromatic N) is 2. The standard InChI is InChI=1S/C11H17N3/c1-9-4-7-14(8-5-9)11-10(12)3-2-6-13-11/h2-3,6,9H,4-5,7-8,12H2,1H3. The van der Waals surface area contributed by atoms with Crippen LogP contribution in [0.2, 0.25) is 0 Å². The van der Waals surface area contributed by atoms with Gasteiger partial charge in [-0.1, -0.05) is 6.92 Å². The number of hydrogen-bond donors (Lipinski definition) is 1. The highest BCUT2D eigenvalue weighted by Crippen LogP contribution is 2.24. The Morgan fingerprint density at radius 2 is 2.14 bits per heavy atom. The van der Waals surface area contributed by atoms with Crippen LogP contribution in [0.15, 0.2) is 18.3 Å². The predicted octanol–water partition coefficient (Wildman–Crippen LogP) is 1.90. The number of nitrogens with two attached hydrogens (primary N) is 1. The van der Waals surface area contributed by atoms with Gasteiger partial charge in [0.2, 0.25) is 0 Å². The molecule has 1 aliphatic heterocycles. The second-order valence-electron chi connectivity index (χ2n) is 4.09. The molecule has 0 amide bonds. The lowest BCUT2D eigenvalue weighted by atomic mass is 9.99. The van der Waals surface area contributed by atoms with Gasteiger partial charge in [-0.05, 0) is 30.9 Å². The van der Waals surface area contributed by atoms with Gasteiger partial charge >= 0.3 is 0 Å². The van der Waals surface area contributed by atoms with Crippen molar-refractivity contribution in [3.8, 4) is 0 Å². The Balaban J connectivity index is 2.12. The largest absolute Gasteiger partial charge is 0.396 e. The number of rotatable bonds is 1. The molecular weight excluding hydrogens is 174 g/mol. The van der Waals surface area contributed by atoms with Crippen LogP contribution in [0.25, 0.3) is 0 Å². The Bertz CT molecular complexity index is 303. The summed E-state index contributed by atoms with van der Waals surface area (Å²) in [6.07, 6.45) is 4.30. The van der Waals surface area contributed by atoms with Crippen LogP contribution >= 0.6 is 0 Å². The predicted molar refractivity (Wildman–Crippen MR) is 59.3 cm³/mol. The fourth-order valence-corrected chi connectivity index (χ4v) is 1.89. The molecule has 3 heteroatoms. The number of aromatic nitrogens is 1. The quantitative estimate of drug-likeness (QED) is 0.737. The minimum atomic E-state index is 0.794. The van der Waals surface area contributed by atoms with E-state index in [1.807, 2.05) is 18.3 Å². The number of hydrogen-bond acceptors (Lipinski definition) is 3. The van der Waals surface area contributed by atoms with E-state index < -0.39 is 0 Å². The molecule has 0 saturated carbocycles. The third kappa shape index (κ3) is 1.81. The summed E-state index contributed by atoms with van der Waals surface area (Å²) in [5.41, 5.74) is 6.68. The van der Waals surface area contributed by atoms with E-state index in [1.165, 1.54) is 12.8 Å². The van der Waals surface area contributed by atoms with Crippen molar-refractivity contribution >= 4 is 11.5 Å². The molecule has 0 unspecified atom stereocenters. The lowest BCUT2D eigenvalue weighted by Gasteiger charge is -2.31. The molecule has 3 nitrogen and oxygen atoms in total. The van der Waals surface area contributed by atoms with Gasteiger partial charge in [0, 0.05) is 19.3 Å². The van der Waals surface area contributed by atoms with E-state index in [9.17, 15) is 0 Å². The van der Waals surface area contributed by atoms with Crippen molar-refractivity contribution in [3.63, 3.8) is 0 Å². The van der Waals surface area contributed by atoms with E-state index in [0.29, 0.717) is 0 Å². The van der Waals surface area contributed by atoms with Crippen LogP contribution in [0.4, 0.5) is 11.5 Å². The van der Waals surface area contributed by atoms with Gasteiger partial charge in [-0.2, -0.15) is 0 Å². The van der Waals surface area contributed by atoms with E-state index in [2.05, 4.69) is 16.8 Å². The Hall–Kier alpha value is -1.25. The molecule has 2 rings (SSSR count). The van der Waals surface area contributed by atoms with Gasteiger partial charge in [-0.3, -0.25) is 0 Å². The first-order valence-electron chi connectivity index (χ1n) is 5.23. The van der Waals surface area contributed by atoms with Crippen LogP contribution in [-0.2, 0) is 0 Å². The lowest BCUT2D eigenvalue weighted by Crippen LogP contribution is -2.33. The average molecular weight is 191 g/mol. The van der Waals surface area contributed by atoms with Crippen molar-refractivity contribution in [1.82, 2.24) is 4.98 Å². The van der Waals surface area contributed by atoms with Gasteiger partial charge in [-0.15, -0.1) is 0 Å².